The van der Waals surface area contributed by atoms with E-state index < -0.39 is 11.7 Å². The van der Waals surface area contributed by atoms with Gasteiger partial charge in [-0.25, -0.2) is 0 Å². The highest BCUT2D eigenvalue weighted by Crippen LogP contribution is 2.36. The normalized spacial score (nSPS) is 15.7. The molecule has 1 nitrogen and oxygen atoms in total. The van der Waals surface area contributed by atoms with Crippen LogP contribution in [-0.4, -0.2) is 5.78 Å². The molecule has 3 aromatic carbocycles. The van der Waals surface area contributed by atoms with Gasteiger partial charge in [-0.05, 0) is 58.4 Å². The Morgan fingerprint density at radius 3 is 2.40 bits per heavy atom. The van der Waals surface area contributed by atoms with Crippen molar-refractivity contribution in [3.63, 3.8) is 0 Å². The van der Waals surface area contributed by atoms with Gasteiger partial charge < -0.3 is 0 Å². The van der Waals surface area contributed by atoms with Crippen LogP contribution in [0.4, 0.5) is 13.2 Å². The highest BCUT2D eigenvalue weighted by Gasteiger charge is 2.30. The average Bonchev–Trinajstić information content (AvgIpc) is 2.69. The third-order valence-electron chi connectivity index (χ3n) is 6.51. The number of alkyl halides is 3. The topological polar surface area (TPSA) is 17.1 Å². The number of carbonyl (C=O) groups is 1. The summed E-state index contributed by atoms with van der Waals surface area (Å²) < 4.78 is 38.5. The summed E-state index contributed by atoms with van der Waals surface area (Å²) in [4.78, 5) is 12.7. The van der Waals surface area contributed by atoms with Crippen LogP contribution in [-0.2, 0) is 6.18 Å². The van der Waals surface area contributed by atoms with E-state index in [0.29, 0.717) is 17.9 Å². The number of Topliss-reactive ketones (excluding diaryl/α,β-unsaturated/α-hetero) is 1. The number of carbonyl (C=O) groups excluding carboxylic acids is 1. The van der Waals surface area contributed by atoms with E-state index in [4.69, 9.17) is 0 Å². The summed E-state index contributed by atoms with van der Waals surface area (Å²) in [7, 11) is 0. The van der Waals surface area contributed by atoms with Crippen molar-refractivity contribution in [2.75, 3.05) is 0 Å². The first-order chi connectivity index (χ1) is 14.3. The summed E-state index contributed by atoms with van der Waals surface area (Å²) >= 11 is 0. The number of benzene rings is 3. The quantitative estimate of drug-likeness (QED) is 0.377. The van der Waals surface area contributed by atoms with E-state index >= 15 is 0 Å². The van der Waals surface area contributed by atoms with Crippen LogP contribution in [0.25, 0.3) is 21.9 Å². The molecule has 0 aliphatic heterocycles. The summed E-state index contributed by atoms with van der Waals surface area (Å²) in [6.07, 6.45) is 1.03. The molecule has 0 N–H and O–H groups in total. The molecule has 4 rings (SSSR count). The van der Waals surface area contributed by atoms with Gasteiger partial charge in [0.2, 0.25) is 0 Å². The molecule has 0 bridgehead atoms. The highest BCUT2D eigenvalue weighted by atomic mass is 19.4. The van der Waals surface area contributed by atoms with Crippen LogP contribution in [0.15, 0.2) is 60.7 Å². The monoisotopic (exact) mass is 410 g/mol. The third-order valence-corrected chi connectivity index (χ3v) is 6.51. The van der Waals surface area contributed by atoms with Crippen LogP contribution in [0.3, 0.4) is 0 Å². The van der Waals surface area contributed by atoms with E-state index in [1.807, 2.05) is 36.4 Å². The molecular formula is C26H25F3O. The molecule has 0 heterocycles. The minimum Gasteiger partial charge on any atom is -0.294 e. The summed E-state index contributed by atoms with van der Waals surface area (Å²) in [6.45, 7) is 2.24. The van der Waals surface area contributed by atoms with Crippen molar-refractivity contribution in [3.05, 3.63) is 71.8 Å². The minimum absolute atomic E-state index is 0.156. The predicted octanol–water partition coefficient (Wildman–Crippen LogP) is 7.92. The Bertz CT molecular complexity index is 1050. The molecule has 1 fully saturated rings. The van der Waals surface area contributed by atoms with Crippen molar-refractivity contribution in [1.29, 1.82) is 0 Å². The maximum Gasteiger partial charge on any atom is 0.416 e. The average molecular weight is 410 g/mol. The molecule has 0 radical (unpaired) electrons. The minimum atomic E-state index is -4.34. The van der Waals surface area contributed by atoms with Gasteiger partial charge in [0.05, 0.1) is 5.56 Å². The zero-order valence-electron chi connectivity index (χ0n) is 17.0. The zero-order valence-corrected chi connectivity index (χ0v) is 17.0. The summed E-state index contributed by atoms with van der Waals surface area (Å²) in [5.41, 5.74) is 1.63. The molecule has 30 heavy (non-hydrogen) atoms. The Labute approximate surface area is 174 Å². The van der Waals surface area contributed by atoms with Crippen molar-refractivity contribution in [2.24, 2.45) is 11.8 Å². The molecular weight excluding hydrogens is 385 g/mol. The number of fused-ring (bicyclic) bond motifs is 1. The van der Waals surface area contributed by atoms with E-state index in [2.05, 4.69) is 6.92 Å². The fourth-order valence-corrected chi connectivity index (χ4v) is 4.30. The molecule has 1 atom stereocenters. The van der Waals surface area contributed by atoms with Crippen molar-refractivity contribution < 1.29 is 18.0 Å². The smallest absolute Gasteiger partial charge is 0.294 e. The standard InChI is InChI=1S/C26H25F3O/c1-17(18-4-2-5-18)8-15-25(30)21-11-14-24-20(16-21)6-3-7-23(24)19-9-12-22(13-10-19)26(27,28)29/h3,6-7,9-14,16-18H,2,4-5,8,15H2,1H3/t17-/m0/s1. The Balaban J connectivity index is 1.55. The van der Waals surface area contributed by atoms with Gasteiger partial charge in [0.1, 0.15) is 0 Å². The molecule has 156 valence electrons. The summed E-state index contributed by atoms with van der Waals surface area (Å²) in [5.74, 6) is 1.53. The Hall–Kier alpha value is -2.62. The molecule has 0 unspecified atom stereocenters. The second-order valence-electron chi connectivity index (χ2n) is 8.45. The number of hydrogen-bond acceptors (Lipinski definition) is 1. The van der Waals surface area contributed by atoms with Gasteiger partial charge >= 0.3 is 6.18 Å². The lowest BCUT2D eigenvalue weighted by atomic mass is 9.75. The van der Waals surface area contributed by atoms with Crippen LogP contribution >= 0.6 is 0 Å². The lowest BCUT2D eigenvalue weighted by Crippen LogP contribution is -2.20. The third kappa shape index (κ3) is 4.28. The van der Waals surface area contributed by atoms with E-state index in [1.54, 1.807) is 0 Å². The molecule has 0 aromatic heterocycles. The Kier molecular flexibility index (Phi) is 5.68. The van der Waals surface area contributed by atoms with Crippen LogP contribution in [0, 0.1) is 11.8 Å². The first-order valence-electron chi connectivity index (χ1n) is 10.6. The number of ketones is 1. The molecule has 4 heteroatoms. The van der Waals surface area contributed by atoms with Gasteiger partial charge in [0, 0.05) is 12.0 Å². The van der Waals surface area contributed by atoms with Crippen LogP contribution in [0.2, 0.25) is 0 Å². The Morgan fingerprint density at radius 1 is 1.03 bits per heavy atom. The van der Waals surface area contributed by atoms with E-state index in [1.165, 1.54) is 31.4 Å². The van der Waals surface area contributed by atoms with Crippen molar-refractivity contribution in [2.45, 2.75) is 45.2 Å². The highest BCUT2D eigenvalue weighted by molar-refractivity contribution is 6.03. The van der Waals surface area contributed by atoms with Gasteiger partial charge in [0.25, 0.3) is 0 Å². The van der Waals surface area contributed by atoms with Crippen LogP contribution in [0.5, 0.6) is 0 Å². The molecule has 3 aromatic rings. The first-order valence-corrected chi connectivity index (χ1v) is 10.6. The molecule has 1 saturated carbocycles. The lowest BCUT2D eigenvalue weighted by Gasteiger charge is -2.31. The van der Waals surface area contributed by atoms with E-state index in [9.17, 15) is 18.0 Å². The van der Waals surface area contributed by atoms with Gasteiger partial charge in [0.15, 0.2) is 5.78 Å². The maximum absolute atomic E-state index is 12.8. The van der Waals surface area contributed by atoms with Gasteiger partial charge in [-0.1, -0.05) is 68.7 Å². The van der Waals surface area contributed by atoms with E-state index in [-0.39, 0.29) is 5.78 Å². The molecule has 0 spiro atoms. The zero-order chi connectivity index (χ0) is 21.3. The van der Waals surface area contributed by atoms with Gasteiger partial charge in [-0.3, -0.25) is 4.79 Å². The largest absolute Gasteiger partial charge is 0.416 e. The molecule has 1 aliphatic rings. The van der Waals surface area contributed by atoms with Crippen molar-refractivity contribution >= 4 is 16.6 Å². The lowest BCUT2D eigenvalue weighted by molar-refractivity contribution is -0.137. The number of hydrogen-bond donors (Lipinski definition) is 0. The fourth-order valence-electron chi connectivity index (χ4n) is 4.30. The van der Waals surface area contributed by atoms with E-state index in [0.717, 1.165) is 46.4 Å². The maximum atomic E-state index is 12.8. The molecule has 1 aliphatic carbocycles. The Morgan fingerprint density at radius 2 is 1.77 bits per heavy atom. The molecule has 0 saturated heterocycles. The summed E-state index contributed by atoms with van der Waals surface area (Å²) in [5, 5.41) is 1.85. The van der Waals surface area contributed by atoms with Crippen LogP contribution < -0.4 is 0 Å². The SMILES string of the molecule is C[C@@H](CCC(=O)c1ccc2c(-c3ccc(C(F)(F)F)cc3)cccc2c1)C1CCC1. The van der Waals surface area contributed by atoms with Gasteiger partial charge in [-0.15, -0.1) is 0 Å². The number of rotatable bonds is 6. The first kappa shape index (κ1) is 20.6. The second-order valence-corrected chi connectivity index (χ2v) is 8.45. The van der Waals surface area contributed by atoms with Crippen molar-refractivity contribution in [1.82, 2.24) is 0 Å². The fraction of sp³-hybridized carbons (Fsp3) is 0.346. The number of halogens is 3. The van der Waals surface area contributed by atoms with Gasteiger partial charge in [-0.2, -0.15) is 13.2 Å². The second kappa shape index (κ2) is 8.25. The molecule has 0 amide bonds. The van der Waals surface area contributed by atoms with Crippen LogP contribution in [0.1, 0.15) is 54.9 Å². The predicted molar refractivity (Wildman–Crippen MR) is 114 cm³/mol. The van der Waals surface area contributed by atoms with Crippen molar-refractivity contribution in [3.8, 4) is 11.1 Å². The summed E-state index contributed by atoms with van der Waals surface area (Å²) in [6, 6.07) is 16.6.